The topological polar surface area (TPSA) is 75.5 Å². The summed E-state index contributed by atoms with van der Waals surface area (Å²) >= 11 is 0. The van der Waals surface area contributed by atoms with Crippen LogP contribution in [0.2, 0.25) is 0 Å². The van der Waals surface area contributed by atoms with E-state index in [1.165, 1.54) is 9.21 Å². The van der Waals surface area contributed by atoms with Crippen molar-refractivity contribution in [3.8, 4) is 0 Å². The van der Waals surface area contributed by atoms with Gasteiger partial charge in [0.15, 0.2) is 5.69 Å². The Morgan fingerprint density at radius 1 is 1.10 bits per heavy atom. The highest BCUT2D eigenvalue weighted by Crippen LogP contribution is 2.27. The number of piperazine rings is 1. The average molecular weight is 430 g/mol. The predicted octanol–water partition coefficient (Wildman–Crippen LogP) is 2.05. The van der Waals surface area contributed by atoms with E-state index in [4.69, 9.17) is 0 Å². The third-order valence-corrected chi connectivity index (χ3v) is 6.82. The van der Waals surface area contributed by atoms with E-state index in [0.717, 1.165) is 22.5 Å². The molecule has 0 atom stereocenters. The van der Waals surface area contributed by atoms with Crippen molar-refractivity contribution in [2.24, 2.45) is 0 Å². The van der Waals surface area contributed by atoms with E-state index in [9.17, 15) is 26.4 Å². The van der Waals surface area contributed by atoms with Gasteiger partial charge in [-0.15, -0.1) is 0 Å². The lowest BCUT2D eigenvalue weighted by Crippen LogP contribution is -2.51. The molecule has 1 fully saturated rings. The summed E-state index contributed by atoms with van der Waals surface area (Å²) in [6.07, 6.45) is -3.47. The van der Waals surface area contributed by atoms with Gasteiger partial charge >= 0.3 is 6.18 Å². The molecule has 0 spiro atoms. The second-order valence-electron chi connectivity index (χ2n) is 6.95. The number of rotatable bonds is 4. The maximum absolute atomic E-state index is 12.9. The van der Waals surface area contributed by atoms with Crippen molar-refractivity contribution in [1.29, 1.82) is 0 Å². The maximum atomic E-state index is 12.9. The molecule has 0 radical (unpaired) electrons. The van der Waals surface area contributed by atoms with Gasteiger partial charge in [0.05, 0.1) is 4.90 Å². The van der Waals surface area contributed by atoms with Crippen molar-refractivity contribution in [2.45, 2.75) is 31.5 Å². The molecule has 7 nitrogen and oxygen atoms in total. The Balaban J connectivity index is 1.63. The number of amides is 1. The predicted molar refractivity (Wildman–Crippen MR) is 98.5 cm³/mol. The van der Waals surface area contributed by atoms with Gasteiger partial charge in [-0.3, -0.25) is 9.48 Å². The quantitative estimate of drug-likeness (QED) is 0.744. The van der Waals surface area contributed by atoms with Crippen LogP contribution in [0.15, 0.2) is 35.4 Å². The lowest BCUT2D eigenvalue weighted by Gasteiger charge is -2.34. The Kier molecular flexibility index (Phi) is 5.72. The fourth-order valence-electron chi connectivity index (χ4n) is 3.14. The molecule has 2 aromatic rings. The van der Waals surface area contributed by atoms with E-state index in [1.54, 1.807) is 19.1 Å². The summed E-state index contributed by atoms with van der Waals surface area (Å²) in [6, 6.07) is 6.02. The van der Waals surface area contributed by atoms with Crippen LogP contribution in [0.5, 0.6) is 0 Å². The van der Waals surface area contributed by atoms with Crippen molar-refractivity contribution in [3.05, 3.63) is 47.3 Å². The van der Waals surface area contributed by atoms with Crippen LogP contribution >= 0.6 is 0 Å². The number of carbonyl (C=O) groups is 1. The molecule has 1 saturated heterocycles. The molecule has 1 aromatic carbocycles. The molecular formula is C18H21F3N4O3S. The fourth-order valence-corrected chi connectivity index (χ4v) is 4.87. The second kappa shape index (κ2) is 7.79. The Labute approximate surface area is 166 Å². The third-order valence-electron chi connectivity index (χ3n) is 4.78. The number of aryl methyl sites for hydroxylation is 2. The fraction of sp³-hybridized carbons (Fsp3) is 0.444. The molecule has 0 N–H and O–H groups in total. The normalized spacial score (nSPS) is 16.2. The SMILES string of the molecule is Cc1ccc(C)c(S(=O)(=O)N2CCN(C(=O)Cn3ccc(C(F)(F)F)n3)CC2)c1. The number of alkyl halides is 3. The maximum Gasteiger partial charge on any atom is 0.435 e. The lowest BCUT2D eigenvalue weighted by molar-refractivity contribution is -0.142. The number of sulfonamides is 1. The highest BCUT2D eigenvalue weighted by Gasteiger charge is 2.34. The van der Waals surface area contributed by atoms with E-state index in [1.807, 2.05) is 13.0 Å². The first-order chi connectivity index (χ1) is 13.5. The Morgan fingerprint density at radius 3 is 2.34 bits per heavy atom. The number of aromatic nitrogens is 2. The molecule has 1 aliphatic rings. The van der Waals surface area contributed by atoms with Gasteiger partial charge in [-0.1, -0.05) is 12.1 Å². The molecule has 0 aliphatic carbocycles. The molecule has 158 valence electrons. The smallest absolute Gasteiger partial charge is 0.338 e. The Bertz CT molecular complexity index is 1010. The number of carbonyl (C=O) groups excluding carboxylic acids is 1. The van der Waals surface area contributed by atoms with Crippen LogP contribution in [-0.2, 0) is 27.5 Å². The van der Waals surface area contributed by atoms with Gasteiger partial charge < -0.3 is 4.90 Å². The molecule has 0 saturated carbocycles. The number of nitrogens with zero attached hydrogens (tertiary/aromatic N) is 4. The first kappa shape index (κ1) is 21.3. The Hall–Kier alpha value is -2.40. The number of benzene rings is 1. The molecule has 11 heteroatoms. The molecule has 1 aromatic heterocycles. The van der Waals surface area contributed by atoms with Crippen molar-refractivity contribution >= 4 is 15.9 Å². The van der Waals surface area contributed by atoms with Gasteiger partial charge in [-0.2, -0.15) is 22.6 Å². The zero-order valence-corrected chi connectivity index (χ0v) is 16.8. The summed E-state index contributed by atoms with van der Waals surface area (Å²) in [5.41, 5.74) is 0.420. The first-order valence-corrected chi connectivity index (χ1v) is 10.4. The van der Waals surface area contributed by atoms with Crippen LogP contribution in [0.3, 0.4) is 0 Å². The molecule has 3 rings (SSSR count). The molecule has 0 unspecified atom stereocenters. The minimum absolute atomic E-state index is 0.119. The third kappa shape index (κ3) is 4.61. The summed E-state index contributed by atoms with van der Waals surface area (Å²) in [7, 11) is -3.68. The van der Waals surface area contributed by atoms with Crippen LogP contribution in [0.1, 0.15) is 16.8 Å². The van der Waals surface area contributed by atoms with Crippen molar-refractivity contribution in [1.82, 2.24) is 19.0 Å². The van der Waals surface area contributed by atoms with Crippen LogP contribution in [0.25, 0.3) is 0 Å². The zero-order valence-electron chi connectivity index (χ0n) is 16.0. The van der Waals surface area contributed by atoms with E-state index in [-0.39, 0.29) is 37.6 Å². The first-order valence-electron chi connectivity index (χ1n) is 8.94. The van der Waals surface area contributed by atoms with E-state index < -0.39 is 27.8 Å². The number of hydrogen-bond donors (Lipinski definition) is 0. The molecule has 2 heterocycles. The van der Waals surface area contributed by atoms with Crippen molar-refractivity contribution < 1.29 is 26.4 Å². The highest BCUT2D eigenvalue weighted by atomic mass is 32.2. The largest absolute Gasteiger partial charge is 0.435 e. The van der Waals surface area contributed by atoms with Gasteiger partial charge in [0.1, 0.15) is 6.54 Å². The van der Waals surface area contributed by atoms with Gasteiger partial charge in [0, 0.05) is 32.4 Å². The zero-order chi connectivity index (χ0) is 21.4. The number of halogens is 3. The van der Waals surface area contributed by atoms with Gasteiger partial charge in [-0.25, -0.2) is 8.42 Å². The van der Waals surface area contributed by atoms with Crippen LogP contribution in [0, 0.1) is 13.8 Å². The summed E-state index contributed by atoms with van der Waals surface area (Å²) < 4.78 is 65.9. The van der Waals surface area contributed by atoms with Gasteiger partial charge in [0.2, 0.25) is 15.9 Å². The van der Waals surface area contributed by atoms with Gasteiger partial charge in [-0.05, 0) is 37.1 Å². The summed E-state index contributed by atoms with van der Waals surface area (Å²) in [5, 5.41) is 3.37. The summed E-state index contributed by atoms with van der Waals surface area (Å²) in [5.74, 6) is -0.411. The Morgan fingerprint density at radius 2 is 1.76 bits per heavy atom. The monoisotopic (exact) mass is 430 g/mol. The minimum atomic E-state index is -4.57. The standard InChI is InChI=1S/C18H21F3N4O3S/c1-13-3-4-14(2)15(11-13)29(27,28)25-9-7-23(8-10-25)17(26)12-24-6-5-16(22-24)18(19,20)21/h3-6,11H,7-10,12H2,1-2H3. The molecule has 0 bridgehead atoms. The molecule has 29 heavy (non-hydrogen) atoms. The van der Waals surface area contributed by atoms with E-state index in [0.29, 0.717) is 5.56 Å². The summed E-state index contributed by atoms with van der Waals surface area (Å²) in [6.45, 7) is 3.77. The number of hydrogen-bond acceptors (Lipinski definition) is 4. The minimum Gasteiger partial charge on any atom is -0.338 e. The van der Waals surface area contributed by atoms with E-state index in [2.05, 4.69) is 5.10 Å². The van der Waals surface area contributed by atoms with Gasteiger partial charge in [0.25, 0.3) is 0 Å². The lowest BCUT2D eigenvalue weighted by atomic mass is 10.2. The van der Waals surface area contributed by atoms with Crippen LogP contribution in [-0.4, -0.2) is 59.5 Å². The molecular weight excluding hydrogens is 409 g/mol. The molecule has 1 amide bonds. The molecule has 1 aliphatic heterocycles. The second-order valence-corrected chi connectivity index (χ2v) is 8.86. The van der Waals surface area contributed by atoms with E-state index >= 15 is 0 Å². The van der Waals surface area contributed by atoms with Crippen LogP contribution < -0.4 is 0 Å². The average Bonchev–Trinajstić information content (AvgIpc) is 3.12. The highest BCUT2D eigenvalue weighted by molar-refractivity contribution is 7.89. The summed E-state index contributed by atoms with van der Waals surface area (Å²) in [4.78, 5) is 14.0. The van der Waals surface area contributed by atoms with Crippen LogP contribution in [0.4, 0.5) is 13.2 Å². The van der Waals surface area contributed by atoms with Crippen molar-refractivity contribution in [2.75, 3.05) is 26.2 Å². The van der Waals surface area contributed by atoms with Crippen molar-refractivity contribution in [3.63, 3.8) is 0 Å².